The molecule has 0 spiro atoms. The molecule has 13 heteroatoms. The molecule has 0 radical (unpaired) electrons. The second-order valence-corrected chi connectivity index (χ2v) is 15.4. The number of carboxylic acid groups (broad SMARTS) is 1. The van der Waals surface area contributed by atoms with Crippen molar-refractivity contribution in [1.82, 2.24) is 0 Å². The zero-order valence-electron chi connectivity index (χ0n) is 37.0. The van der Waals surface area contributed by atoms with Crippen molar-refractivity contribution in [3.8, 4) is 12.1 Å². The summed E-state index contributed by atoms with van der Waals surface area (Å²) in [4.78, 5) is 35.3. The molecule has 0 aromatic heterocycles. The number of carboxylic acids is 1. The third-order valence-electron chi connectivity index (χ3n) is 11.4. The number of nitrogens with two attached hydrogens (primary N) is 2. The van der Waals surface area contributed by atoms with Crippen molar-refractivity contribution in [3.63, 3.8) is 0 Å². The van der Waals surface area contributed by atoms with E-state index in [0.717, 1.165) is 32.1 Å². The number of ether oxygens (including phenoxy) is 2. The summed E-state index contributed by atoms with van der Waals surface area (Å²) in [5.41, 5.74) is 14.7. The summed E-state index contributed by atoms with van der Waals surface area (Å²) in [5, 5.41) is 35.3. The van der Waals surface area contributed by atoms with Crippen molar-refractivity contribution >= 4 is 17.9 Å². The van der Waals surface area contributed by atoms with Gasteiger partial charge in [0, 0.05) is 24.6 Å². The molecule has 12 nitrogen and oxygen atoms in total. The maximum atomic E-state index is 12.3. The SMILES string of the molecule is CCC1=C[C@@H]2[C@H](C1)C[C@]2(C#N)CC(=O)O.CCO.CCOC(=O)C(C(=O)OCC)[C@@]1(C#N)C[C@H]2CC(CC)=C[C@H]21.C[C@H](N)c1ccccc1.C[C@H](N)c1ccccc1.[K+].[OH-]. The summed E-state index contributed by atoms with van der Waals surface area (Å²) < 4.78 is 10.1. The normalized spacial score (nSPS) is 24.3. The van der Waals surface area contributed by atoms with Crippen LogP contribution in [0.25, 0.3) is 0 Å². The number of carbonyl (C=O) groups is 3. The van der Waals surface area contributed by atoms with Gasteiger partial charge in [0.2, 0.25) is 0 Å². The van der Waals surface area contributed by atoms with Gasteiger partial charge in [-0.2, -0.15) is 10.5 Å². The maximum absolute atomic E-state index is 12.3. The van der Waals surface area contributed by atoms with Gasteiger partial charge in [-0.05, 0) is 102 Å². The average molecular weight is 855 g/mol. The molecule has 0 unspecified atom stereocenters. The van der Waals surface area contributed by atoms with Crippen LogP contribution in [0.1, 0.15) is 117 Å². The molecule has 2 aromatic rings. The average Bonchev–Trinajstić information content (AvgIpc) is 3.74. The van der Waals surface area contributed by atoms with E-state index in [1.807, 2.05) is 74.5 Å². The Labute approximate surface area is 400 Å². The van der Waals surface area contributed by atoms with E-state index in [2.05, 4.69) is 38.1 Å². The van der Waals surface area contributed by atoms with E-state index in [4.69, 9.17) is 36.4 Å². The van der Waals surface area contributed by atoms with Gasteiger partial charge >= 0.3 is 69.3 Å². The van der Waals surface area contributed by atoms with E-state index in [1.165, 1.54) is 22.3 Å². The number of fused-ring (bicyclic) bond motifs is 2. The fourth-order valence-electron chi connectivity index (χ4n) is 8.39. The quantitative estimate of drug-likeness (QED) is 0.0988. The van der Waals surface area contributed by atoms with E-state index in [-0.39, 0.29) is 107 Å². The summed E-state index contributed by atoms with van der Waals surface area (Å²) in [6, 6.07) is 24.9. The van der Waals surface area contributed by atoms with Crippen molar-refractivity contribution in [2.45, 2.75) is 105 Å². The van der Waals surface area contributed by atoms with Crippen LogP contribution in [0.5, 0.6) is 0 Å². The molecule has 2 fully saturated rings. The Balaban J connectivity index is 0.000000796. The van der Waals surface area contributed by atoms with Crippen LogP contribution in [0.15, 0.2) is 84.0 Å². The van der Waals surface area contributed by atoms with Crippen LogP contribution in [0.2, 0.25) is 0 Å². The number of allylic oxidation sites excluding steroid dienone is 4. The number of hydrogen-bond donors (Lipinski definition) is 4. The molecule has 2 aromatic carbocycles. The Bertz CT molecular complexity index is 1700. The third kappa shape index (κ3) is 15.3. The van der Waals surface area contributed by atoms with E-state index in [0.29, 0.717) is 18.3 Å². The number of hydrogen-bond acceptors (Lipinski definition) is 11. The molecule has 8 atom stereocenters. The van der Waals surface area contributed by atoms with Crippen molar-refractivity contribution in [3.05, 3.63) is 95.1 Å². The fraction of sp³-hybridized carbons (Fsp3) is 0.553. The first-order valence-electron chi connectivity index (χ1n) is 20.7. The topological polar surface area (TPSA) is 240 Å². The predicted molar refractivity (Wildman–Crippen MR) is 227 cm³/mol. The van der Waals surface area contributed by atoms with Crippen molar-refractivity contribution < 1.29 is 90.9 Å². The Morgan fingerprint density at radius 3 is 1.47 bits per heavy atom. The van der Waals surface area contributed by atoms with Crippen molar-refractivity contribution in [1.29, 1.82) is 10.5 Å². The molecular weight excluding hydrogens is 788 g/mol. The molecule has 0 aliphatic heterocycles. The summed E-state index contributed by atoms with van der Waals surface area (Å²) in [5.74, 6) is -2.22. The fourth-order valence-corrected chi connectivity index (χ4v) is 8.39. The molecule has 60 heavy (non-hydrogen) atoms. The van der Waals surface area contributed by atoms with E-state index in [9.17, 15) is 19.6 Å². The molecule has 6 rings (SSSR count). The van der Waals surface area contributed by atoms with Crippen molar-refractivity contribution in [2.24, 2.45) is 51.9 Å². The van der Waals surface area contributed by atoms with Gasteiger partial charge in [0.05, 0.1) is 42.6 Å². The zero-order valence-corrected chi connectivity index (χ0v) is 40.1. The number of benzene rings is 2. The Hall–Kier alpha value is -3.21. The summed E-state index contributed by atoms with van der Waals surface area (Å²) in [6.45, 7) is 13.8. The number of carbonyl (C=O) groups excluding carboxylic acids is 2. The van der Waals surface area contributed by atoms with E-state index in [1.54, 1.807) is 20.8 Å². The summed E-state index contributed by atoms with van der Waals surface area (Å²) in [6.07, 6.45) is 9.56. The first kappa shape index (κ1) is 56.8. The Kier molecular flexibility index (Phi) is 26.9. The van der Waals surface area contributed by atoms with Crippen LogP contribution in [0.3, 0.4) is 0 Å². The first-order valence-corrected chi connectivity index (χ1v) is 20.7. The second-order valence-electron chi connectivity index (χ2n) is 15.4. The number of rotatable bonds is 11. The maximum Gasteiger partial charge on any atom is 1.00 e. The summed E-state index contributed by atoms with van der Waals surface area (Å²) in [7, 11) is 0. The molecule has 0 bridgehead atoms. The van der Waals surface area contributed by atoms with Crippen LogP contribution in [-0.2, 0) is 23.9 Å². The van der Waals surface area contributed by atoms with Crippen LogP contribution in [0, 0.1) is 63.1 Å². The minimum Gasteiger partial charge on any atom is -0.870 e. The molecule has 7 N–H and O–H groups in total. The van der Waals surface area contributed by atoms with E-state index >= 15 is 0 Å². The third-order valence-corrected chi connectivity index (χ3v) is 11.4. The summed E-state index contributed by atoms with van der Waals surface area (Å²) >= 11 is 0. The van der Waals surface area contributed by atoms with Gasteiger partial charge in [-0.15, -0.1) is 0 Å². The van der Waals surface area contributed by atoms with Crippen LogP contribution in [-0.4, -0.2) is 53.4 Å². The van der Waals surface area contributed by atoms with Gasteiger partial charge in [-0.25, -0.2) is 0 Å². The molecule has 2 saturated carbocycles. The molecule has 0 saturated heterocycles. The minimum atomic E-state index is -1.15. The smallest absolute Gasteiger partial charge is 0.870 e. The minimum absolute atomic E-state index is 0. The number of esters is 2. The monoisotopic (exact) mass is 854 g/mol. The number of nitriles is 2. The van der Waals surface area contributed by atoms with Gasteiger partial charge in [0.25, 0.3) is 0 Å². The van der Waals surface area contributed by atoms with Crippen molar-refractivity contribution in [2.75, 3.05) is 19.8 Å². The molecule has 4 aliphatic rings. The van der Waals surface area contributed by atoms with Crippen LogP contribution in [0.4, 0.5) is 0 Å². The molecular formula is C47H67KN4O8. The van der Waals surface area contributed by atoms with Gasteiger partial charge in [0.15, 0.2) is 5.92 Å². The van der Waals surface area contributed by atoms with Crippen LogP contribution < -0.4 is 62.9 Å². The first-order chi connectivity index (χ1) is 27.7. The zero-order chi connectivity index (χ0) is 43.5. The predicted octanol–water partition coefficient (Wildman–Crippen LogP) is 5.20. The van der Waals surface area contributed by atoms with E-state index < -0.39 is 34.7 Å². The van der Waals surface area contributed by atoms with Gasteiger partial charge in [-0.3, -0.25) is 14.4 Å². The van der Waals surface area contributed by atoms with Gasteiger partial charge in [0.1, 0.15) is 0 Å². The standard InChI is InChI=1S/C17H23NO4.C12H15NO2.2C8H11N.C2H6O.K.H2O/c1-4-11-7-12-9-17(10-18,13(12)8-11)14(15(19)21-5-2)16(20)22-6-3;1-2-8-3-9-5-12(7-13,6-11(14)15)10(9)4-8;2*1-7(9)8-5-3-2-4-6-8;1-2-3;;/h8,12-14H,4-7,9H2,1-3H3;4,9-10H,2-3,5-6H2,1H3,(H,14,15);2*2-7H,9H2,1H3;3H,2H2,1H3;;1H2/q;;;;;+1;/p-1/t12-,13-,17-;9-,10-,12-;2*7-;;;/m1100.../s1. The number of aliphatic hydroxyl groups excluding tert-OH is 1. The number of nitrogens with zero attached hydrogens (tertiary/aromatic N) is 2. The molecule has 0 amide bonds. The largest absolute Gasteiger partial charge is 1.00 e. The van der Waals surface area contributed by atoms with Gasteiger partial charge in [-0.1, -0.05) is 97.8 Å². The Morgan fingerprint density at radius 2 is 1.15 bits per heavy atom. The van der Waals surface area contributed by atoms with Crippen LogP contribution >= 0.6 is 0 Å². The molecule has 324 valence electrons. The molecule has 0 heterocycles. The Morgan fingerprint density at radius 1 is 0.750 bits per heavy atom. The second kappa shape index (κ2) is 28.4. The number of aliphatic carboxylic acids is 1. The van der Waals surface area contributed by atoms with Gasteiger partial charge < -0.3 is 36.6 Å². The number of aliphatic hydroxyl groups is 1. The molecule has 4 aliphatic carbocycles.